The molecule has 0 spiro atoms. The smallest absolute Gasteiger partial charge is 0.351 e. The molecule has 2 fully saturated rings. The first-order valence-electron chi connectivity index (χ1n) is 12.2. The quantitative estimate of drug-likeness (QED) is 0.326. The van der Waals surface area contributed by atoms with Crippen molar-refractivity contribution in [1.82, 2.24) is 21.3 Å². The Bertz CT molecular complexity index is 986. The Hall–Kier alpha value is -2.98. The van der Waals surface area contributed by atoms with E-state index in [0.717, 1.165) is 0 Å². The van der Waals surface area contributed by atoms with Gasteiger partial charge in [-0.1, -0.05) is 20.8 Å². The number of alkyl halides is 5. The molecular formula is C24H34F5N5O4. The number of halogens is 5. The fourth-order valence-corrected chi connectivity index (χ4v) is 4.27. The molecule has 9 nitrogen and oxygen atoms in total. The Labute approximate surface area is 217 Å². The summed E-state index contributed by atoms with van der Waals surface area (Å²) in [4.78, 5) is 49.8. The summed E-state index contributed by atoms with van der Waals surface area (Å²) < 4.78 is 65.7. The monoisotopic (exact) mass is 551 g/mol. The molecule has 1 aliphatic carbocycles. The molecule has 5 unspecified atom stereocenters. The van der Waals surface area contributed by atoms with Crippen LogP contribution in [0.1, 0.15) is 66.7 Å². The van der Waals surface area contributed by atoms with Crippen LogP contribution in [0, 0.1) is 28.6 Å². The van der Waals surface area contributed by atoms with Crippen LogP contribution in [0.4, 0.5) is 22.0 Å². The number of hydrogen-bond acceptors (Lipinski definition) is 5. The van der Waals surface area contributed by atoms with E-state index in [2.05, 4.69) is 16.0 Å². The highest BCUT2D eigenvalue weighted by atomic mass is 19.4. The van der Waals surface area contributed by atoms with Crippen LogP contribution in [0.2, 0.25) is 0 Å². The van der Waals surface area contributed by atoms with Gasteiger partial charge in [0.25, 0.3) is 5.92 Å². The van der Waals surface area contributed by atoms with Gasteiger partial charge >= 0.3 is 12.1 Å². The van der Waals surface area contributed by atoms with E-state index >= 15 is 0 Å². The van der Waals surface area contributed by atoms with Crippen LogP contribution in [0.5, 0.6) is 0 Å². The Balaban J connectivity index is 2.16. The number of nitriles is 1. The standard InChI is InChI=1S/C24H34F5N5O4/c1-21(2,3)16(33-20(38)24(27,28)29)19(37)32-15(9-13-10-23(13,25)26)18(36)31-14(11-30)8-12-6-7-22(4,5)34-17(12)35/h12-16H,6-10H2,1-5H3,(H,31,36)(H,32,37)(H,33,38)(H,34,35). The number of nitrogens with one attached hydrogen (secondary N) is 4. The van der Waals surface area contributed by atoms with Gasteiger partial charge in [0.1, 0.15) is 18.1 Å². The molecule has 1 aliphatic heterocycles. The molecule has 0 aromatic rings. The predicted octanol–water partition coefficient (Wildman–Crippen LogP) is 2.31. The number of hydrogen-bond donors (Lipinski definition) is 4. The third kappa shape index (κ3) is 8.52. The number of carbonyl (C=O) groups is 4. The first-order chi connectivity index (χ1) is 17.2. The van der Waals surface area contributed by atoms with Crippen LogP contribution in [0.15, 0.2) is 0 Å². The molecule has 5 atom stereocenters. The van der Waals surface area contributed by atoms with Crippen molar-refractivity contribution in [3.63, 3.8) is 0 Å². The van der Waals surface area contributed by atoms with Crippen LogP contribution in [0.3, 0.4) is 0 Å². The van der Waals surface area contributed by atoms with E-state index in [1.165, 1.54) is 20.8 Å². The number of nitrogens with zero attached hydrogens (tertiary/aromatic N) is 1. The van der Waals surface area contributed by atoms with E-state index in [0.29, 0.717) is 12.8 Å². The van der Waals surface area contributed by atoms with Gasteiger partial charge in [-0.05, 0) is 44.9 Å². The second-order valence-corrected chi connectivity index (χ2v) is 11.8. The minimum absolute atomic E-state index is 0.0589. The van der Waals surface area contributed by atoms with Gasteiger partial charge in [-0.3, -0.25) is 19.2 Å². The molecular weight excluding hydrogens is 517 g/mol. The summed E-state index contributed by atoms with van der Waals surface area (Å²) in [6, 6.07) is -2.72. The highest BCUT2D eigenvalue weighted by molar-refractivity contribution is 5.93. The van der Waals surface area contributed by atoms with Crippen molar-refractivity contribution >= 4 is 23.6 Å². The molecule has 4 amide bonds. The zero-order chi connectivity index (χ0) is 29.3. The van der Waals surface area contributed by atoms with Crippen molar-refractivity contribution in [2.45, 2.75) is 102 Å². The fraction of sp³-hybridized carbons (Fsp3) is 0.792. The maximum atomic E-state index is 13.6. The van der Waals surface area contributed by atoms with Gasteiger partial charge in [-0.2, -0.15) is 18.4 Å². The Morgan fingerprint density at radius 2 is 1.66 bits per heavy atom. The van der Waals surface area contributed by atoms with Crippen molar-refractivity contribution in [2.24, 2.45) is 17.3 Å². The first kappa shape index (κ1) is 31.2. The molecule has 4 N–H and O–H groups in total. The fourth-order valence-electron chi connectivity index (χ4n) is 4.27. The average molecular weight is 552 g/mol. The summed E-state index contributed by atoms with van der Waals surface area (Å²) in [6.45, 7) is 7.81. The highest BCUT2D eigenvalue weighted by Crippen LogP contribution is 2.51. The van der Waals surface area contributed by atoms with Gasteiger partial charge in [0, 0.05) is 23.8 Å². The Morgan fingerprint density at radius 3 is 2.11 bits per heavy atom. The van der Waals surface area contributed by atoms with E-state index in [1.54, 1.807) is 5.32 Å². The highest BCUT2D eigenvalue weighted by Gasteiger charge is 2.58. The molecule has 1 heterocycles. The maximum absolute atomic E-state index is 13.6. The molecule has 14 heteroatoms. The van der Waals surface area contributed by atoms with Crippen LogP contribution in [-0.4, -0.2) is 59.4 Å². The lowest BCUT2D eigenvalue weighted by molar-refractivity contribution is -0.175. The number of carbonyl (C=O) groups excluding carboxylic acids is 4. The van der Waals surface area contributed by atoms with Gasteiger partial charge in [-0.25, -0.2) is 8.78 Å². The van der Waals surface area contributed by atoms with Gasteiger partial charge in [-0.15, -0.1) is 0 Å². The zero-order valence-corrected chi connectivity index (χ0v) is 21.9. The normalized spacial score (nSPS) is 24.6. The SMILES string of the molecule is CC1(C)CCC(CC(C#N)NC(=O)C(CC2CC2(F)F)NC(=O)C(NC(=O)C(F)(F)F)C(C)(C)C)C(=O)N1. The molecule has 2 aliphatic rings. The topological polar surface area (TPSA) is 140 Å². The lowest BCUT2D eigenvalue weighted by Crippen LogP contribution is -2.60. The summed E-state index contributed by atoms with van der Waals surface area (Å²) in [6.07, 6.45) is -5.34. The molecule has 0 radical (unpaired) electrons. The van der Waals surface area contributed by atoms with Crippen molar-refractivity contribution in [1.29, 1.82) is 5.26 Å². The maximum Gasteiger partial charge on any atom is 0.471 e. The Kier molecular flexibility index (Phi) is 9.06. The van der Waals surface area contributed by atoms with Crippen LogP contribution in [-0.2, 0) is 19.2 Å². The Morgan fingerprint density at radius 1 is 1.08 bits per heavy atom. The van der Waals surface area contributed by atoms with Crippen molar-refractivity contribution in [3.8, 4) is 6.07 Å². The van der Waals surface area contributed by atoms with Gasteiger partial charge in [0.15, 0.2) is 0 Å². The van der Waals surface area contributed by atoms with E-state index in [1.807, 2.05) is 19.9 Å². The predicted molar refractivity (Wildman–Crippen MR) is 124 cm³/mol. The van der Waals surface area contributed by atoms with E-state index in [4.69, 9.17) is 0 Å². The molecule has 0 bridgehead atoms. The molecule has 0 aromatic carbocycles. The lowest BCUT2D eigenvalue weighted by atomic mass is 9.83. The number of rotatable bonds is 9. The summed E-state index contributed by atoms with van der Waals surface area (Å²) in [5.74, 6) is -9.77. The number of piperidine rings is 1. The first-order valence-corrected chi connectivity index (χ1v) is 12.2. The summed E-state index contributed by atoms with van der Waals surface area (Å²) in [5, 5.41) is 18.5. The molecule has 2 rings (SSSR count). The summed E-state index contributed by atoms with van der Waals surface area (Å²) in [5.41, 5.74) is -1.66. The zero-order valence-electron chi connectivity index (χ0n) is 21.9. The summed E-state index contributed by atoms with van der Waals surface area (Å²) in [7, 11) is 0. The van der Waals surface area contributed by atoms with Crippen LogP contribution >= 0.6 is 0 Å². The summed E-state index contributed by atoms with van der Waals surface area (Å²) >= 11 is 0. The van der Waals surface area contributed by atoms with Gasteiger partial charge < -0.3 is 21.3 Å². The average Bonchev–Trinajstić information content (AvgIpc) is 3.35. The van der Waals surface area contributed by atoms with E-state index < -0.39 is 83.6 Å². The molecule has 0 aromatic heterocycles. The second-order valence-electron chi connectivity index (χ2n) is 11.8. The van der Waals surface area contributed by atoms with Crippen molar-refractivity contribution in [2.75, 3.05) is 0 Å². The van der Waals surface area contributed by atoms with Crippen LogP contribution < -0.4 is 21.3 Å². The van der Waals surface area contributed by atoms with E-state index in [9.17, 15) is 46.4 Å². The largest absolute Gasteiger partial charge is 0.471 e. The molecule has 38 heavy (non-hydrogen) atoms. The van der Waals surface area contributed by atoms with Crippen molar-refractivity contribution < 1.29 is 41.1 Å². The molecule has 1 saturated heterocycles. The third-order valence-corrected chi connectivity index (χ3v) is 6.71. The van der Waals surface area contributed by atoms with E-state index in [-0.39, 0.29) is 12.3 Å². The van der Waals surface area contributed by atoms with Gasteiger partial charge in [0.2, 0.25) is 17.7 Å². The second kappa shape index (κ2) is 11.0. The van der Waals surface area contributed by atoms with Gasteiger partial charge in [0.05, 0.1) is 6.07 Å². The minimum Gasteiger partial charge on any atom is -0.351 e. The third-order valence-electron chi connectivity index (χ3n) is 6.71. The molecule has 1 saturated carbocycles. The molecule has 214 valence electrons. The lowest BCUT2D eigenvalue weighted by Gasteiger charge is -2.35. The minimum atomic E-state index is -5.28. The number of amides is 4. The van der Waals surface area contributed by atoms with Crippen molar-refractivity contribution in [3.05, 3.63) is 0 Å². The van der Waals surface area contributed by atoms with Crippen LogP contribution in [0.25, 0.3) is 0 Å².